The molecule has 1 aliphatic rings. The highest BCUT2D eigenvalue weighted by molar-refractivity contribution is 5.68. The fourth-order valence-electron chi connectivity index (χ4n) is 2.18. The average molecular weight is 350 g/mol. The molecule has 0 amide bonds. The van der Waals surface area contributed by atoms with Crippen LogP contribution in [0, 0.1) is 0 Å². The van der Waals surface area contributed by atoms with Gasteiger partial charge in [0.15, 0.2) is 18.3 Å². The summed E-state index contributed by atoms with van der Waals surface area (Å²) in [6.07, 6.45) is -7.85. The van der Waals surface area contributed by atoms with Gasteiger partial charge < -0.3 is 23.7 Å². The van der Waals surface area contributed by atoms with Crippen LogP contribution >= 0.6 is 0 Å². The zero-order valence-corrected chi connectivity index (χ0v) is 13.6. The van der Waals surface area contributed by atoms with Gasteiger partial charge in [0.05, 0.1) is 0 Å². The molecule has 0 aromatic heterocycles. The van der Waals surface area contributed by atoms with Crippen molar-refractivity contribution in [3.63, 3.8) is 0 Å². The van der Waals surface area contributed by atoms with E-state index in [1.54, 1.807) is 0 Å². The normalized spacial score (nSPS) is 29.3. The van der Waals surface area contributed by atoms with Crippen LogP contribution in [0.25, 0.3) is 0 Å². The van der Waals surface area contributed by atoms with Crippen molar-refractivity contribution < 1.29 is 47.3 Å². The number of hydrogen-bond donors (Lipinski definition) is 0. The van der Waals surface area contributed by atoms with Gasteiger partial charge >= 0.3 is 23.9 Å². The molecule has 0 N–H and O–H groups in total. The quantitative estimate of drug-likeness (QED) is 0.500. The van der Waals surface area contributed by atoms with Gasteiger partial charge in [-0.3, -0.25) is 19.2 Å². The minimum atomic E-state index is -2.18. The molecule has 5 atom stereocenters. The molecular weight excluding hydrogens is 331 g/mol. The molecular formula is C14H19FO9. The van der Waals surface area contributed by atoms with E-state index in [9.17, 15) is 23.6 Å². The summed E-state index contributed by atoms with van der Waals surface area (Å²) in [6.45, 7) is 3.85. The van der Waals surface area contributed by atoms with E-state index in [2.05, 4.69) is 0 Å². The van der Waals surface area contributed by atoms with Gasteiger partial charge in [-0.25, -0.2) is 4.39 Å². The van der Waals surface area contributed by atoms with Crippen LogP contribution < -0.4 is 0 Å². The Bertz CT molecular complexity index is 506. The molecule has 0 radical (unpaired) electrons. The van der Waals surface area contributed by atoms with Crippen LogP contribution in [0.3, 0.4) is 0 Å². The number of carbonyl (C=O) groups is 4. The molecule has 24 heavy (non-hydrogen) atoms. The van der Waals surface area contributed by atoms with E-state index >= 15 is 0 Å². The van der Waals surface area contributed by atoms with Crippen LogP contribution in [-0.2, 0) is 42.9 Å². The molecule has 0 unspecified atom stereocenters. The van der Waals surface area contributed by atoms with Crippen LogP contribution in [0.15, 0.2) is 0 Å². The SMILES string of the molecule is CC(=O)OC[C@H]1O[C@H](F)[C@H](OC(C)=O)[C@H](OC(C)=O)[C@@H]1OC(C)=O. The number of alkyl halides is 1. The summed E-state index contributed by atoms with van der Waals surface area (Å²) in [5, 5.41) is 0. The van der Waals surface area contributed by atoms with Crippen LogP contribution in [0.5, 0.6) is 0 Å². The van der Waals surface area contributed by atoms with Crippen molar-refractivity contribution in [3.8, 4) is 0 Å². The van der Waals surface area contributed by atoms with E-state index in [-0.39, 0.29) is 0 Å². The molecule has 1 saturated heterocycles. The lowest BCUT2D eigenvalue weighted by Crippen LogP contribution is -2.61. The van der Waals surface area contributed by atoms with Gasteiger partial charge in [0.1, 0.15) is 12.7 Å². The number of hydrogen-bond acceptors (Lipinski definition) is 9. The van der Waals surface area contributed by atoms with Gasteiger partial charge in [-0.05, 0) is 0 Å². The highest BCUT2D eigenvalue weighted by Gasteiger charge is 2.52. The van der Waals surface area contributed by atoms with Crippen LogP contribution in [0.4, 0.5) is 4.39 Å². The average Bonchev–Trinajstić information content (AvgIpc) is 2.42. The zero-order chi connectivity index (χ0) is 18.4. The number of carbonyl (C=O) groups excluding carboxylic acids is 4. The molecule has 1 aliphatic heterocycles. The Labute approximate surface area is 137 Å². The molecule has 1 heterocycles. The molecule has 0 aliphatic carbocycles. The fourth-order valence-corrected chi connectivity index (χ4v) is 2.18. The Balaban J connectivity index is 3.11. The van der Waals surface area contributed by atoms with Crippen molar-refractivity contribution in [2.45, 2.75) is 58.5 Å². The Morgan fingerprint density at radius 1 is 0.792 bits per heavy atom. The number of ether oxygens (including phenoxy) is 5. The topological polar surface area (TPSA) is 114 Å². The van der Waals surface area contributed by atoms with Crippen molar-refractivity contribution in [2.24, 2.45) is 0 Å². The first-order valence-electron chi connectivity index (χ1n) is 7.06. The summed E-state index contributed by atoms with van der Waals surface area (Å²) in [5.41, 5.74) is 0. The van der Waals surface area contributed by atoms with Gasteiger partial charge in [-0.15, -0.1) is 0 Å². The molecule has 10 heteroatoms. The van der Waals surface area contributed by atoms with E-state index in [1.807, 2.05) is 0 Å². The summed E-state index contributed by atoms with van der Waals surface area (Å²) in [6, 6.07) is 0. The van der Waals surface area contributed by atoms with Gasteiger partial charge in [0.25, 0.3) is 0 Å². The van der Waals surface area contributed by atoms with Gasteiger partial charge in [0.2, 0.25) is 6.36 Å². The Morgan fingerprint density at radius 3 is 1.71 bits per heavy atom. The van der Waals surface area contributed by atoms with Crippen LogP contribution in [-0.4, -0.2) is 61.3 Å². The van der Waals surface area contributed by atoms with Crippen molar-refractivity contribution in [3.05, 3.63) is 0 Å². The molecule has 1 rings (SSSR count). The third-order valence-electron chi connectivity index (χ3n) is 2.93. The number of rotatable bonds is 5. The largest absolute Gasteiger partial charge is 0.463 e. The standard InChI is InChI=1S/C14H19FO9/c1-6(16)20-5-10-11(21-7(2)17)12(22-8(3)18)13(14(15)24-10)23-9(4)19/h10-14H,5H2,1-4H3/t10-,11-,12-,13-,14+/m1/s1. The summed E-state index contributed by atoms with van der Waals surface area (Å²) in [4.78, 5) is 44.7. The minimum absolute atomic E-state index is 0.446. The van der Waals surface area contributed by atoms with Gasteiger partial charge in [0, 0.05) is 27.7 Å². The van der Waals surface area contributed by atoms with E-state index in [4.69, 9.17) is 23.7 Å². The van der Waals surface area contributed by atoms with Crippen molar-refractivity contribution in [1.82, 2.24) is 0 Å². The first-order chi connectivity index (χ1) is 11.1. The molecule has 0 spiro atoms. The maximum absolute atomic E-state index is 14.2. The van der Waals surface area contributed by atoms with E-state index in [0.29, 0.717) is 0 Å². The van der Waals surface area contributed by atoms with Crippen molar-refractivity contribution in [2.75, 3.05) is 6.61 Å². The minimum Gasteiger partial charge on any atom is -0.463 e. The zero-order valence-electron chi connectivity index (χ0n) is 13.6. The lowest BCUT2D eigenvalue weighted by Gasteiger charge is -2.41. The van der Waals surface area contributed by atoms with Crippen LogP contribution in [0.1, 0.15) is 27.7 Å². The monoisotopic (exact) mass is 350 g/mol. The second-order valence-electron chi connectivity index (χ2n) is 5.05. The Kier molecular flexibility index (Phi) is 7.08. The summed E-state index contributed by atoms with van der Waals surface area (Å²) < 4.78 is 38.7. The van der Waals surface area contributed by atoms with Crippen molar-refractivity contribution >= 4 is 23.9 Å². The first kappa shape index (κ1) is 19.8. The van der Waals surface area contributed by atoms with Crippen LogP contribution in [0.2, 0.25) is 0 Å². The van der Waals surface area contributed by atoms with E-state index < -0.39 is 61.3 Å². The maximum atomic E-state index is 14.2. The Morgan fingerprint density at radius 2 is 1.25 bits per heavy atom. The summed E-state index contributed by atoms with van der Waals surface area (Å²) >= 11 is 0. The molecule has 136 valence electrons. The molecule has 9 nitrogen and oxygen atoms in total. The predicted octanol–water partition coefficient (Wildman–Crippen LogP) is 0.0390. The summed E-state index contributed by atoms with van der Waals surface area (Å²) in [7, 11) is 0. The number of halogens is 1. The third-order valence-corrected chi connectivity index (χ3v) is 2.93. The summed E-state index contributed by atoms with van der Waals surface area (Å²) in [5.74, 6) is -3.09. The lowest BCUT2D eigenvalue weighted by atomic mass is 9.98. The first-order valence-corrected chi connectivity index (χ1v) is 7.06. The highest BCUT2D eigenvalue weighted by atomic mass is 19.1. The lowest BCUT2D eigenvalue weighted by molar-refractivity contribution is -0.277. The van der Waals surface area contributed by atoms with E-state index in [0.717, 1.165) is 27.7 Å². The maximum Gasteiger partial charge on any atom is 0.303 e. The van der Waals surface area contributed by atoms with Gasteiger partial charge in [-0.1, -0.05) is 0 Å². The molecule has 0 bridgehead atoms. The van der Waals surface area contributed by atoms with Gasteiger partial charge in [-0.2, -0.15) is 0 Å². The molecule has 0 aromatic carbocycles. The second-order valence-corrected chi connectivity index (χ2v) is 5.05. The second kappa shape index (κ2) is 8.57. The molecule has 0 saturated carbocycles. The van der Waals surface area contributed by atoms with E-state index in [1.165, 1.54) is 0 Å². The number of esters is 4. The molecule has 0 aromatic rings. The fraction of sp³-hybridized carbons (Fsp3) is 0.714. The Hall–Kier alpha value is -2.23. The smallest absolute Gasteiger partial charge is 0.303 e. The molecule has 1 fully saturated rings. The predicted molar refractivity (Wildman–Crippen MR) is 73.1 cm³/mol. The third kappa shape index (κ3) is 5.76. The highest BCUT2D eigenvalue weighted by Crippen LogP contribution is 2.29. The van der Waals surface area contributed by atoms with Crippen molar-refractivity contribution in [1.29, 1.82) is 0 Å².